The fraction of sp³-hybridized carbons (Fsp3) is 0.213. The van der Waals surface area contributed by atoms with Gasteiger partial charge in [0.1, 0.15) is 5.82 Å². The molecule has 0 saturated carbocycles. The maximum atomic E-state index is 5.17. The Morgan fingerprint density at radius 3 is 2.27 bits per heavy atom. The summed E-state index contributed by atoms with van der Waals surface area (Å²) in [5.74, 6) is 0.976. The van der Waals surface area contributed by atoms with Crippen LogP contribution in [0.3, 0.4) is 0 Å². The van der Waals surface area contributed by atoms with Gasteiger partial charge in [0.25, 0.3) is 0 Å². The zero-order chi connectivity index (χ0) is 35.5. The molecule has 1 aliphatic heterocycles. The van der Waals surface area contributed by atoms with Gasteiger partial charge in [-0.15, -0.1) is 0 Å². The molecular formula is C47H42BN4. The monoisotopic (exact) mass is 673 g/mol. The van der Waals surface area contributed by atoms with E-state index in [0.29, 0.717) is 0 Å². The molecule has 1 N–H and O–H groups in total. The van der Waals surface area contributed by atoms with E-state index in [-0.39, 0.29) is 10.8 Å². The Labute approximate surface area is 306 Å². The van der Waals surface area contributed by atoms with Gasteiger partial charge in [-0.2, -0.15) is 0 Å². The second-order valence-corrected chi connectivity index (χ2v) is 16.3. The number of rotatable bonds is 4. The first-order valence-corrected chi connectivity index (χ1v) is 18.6. The highest BCUT2D eigenvalue weighted by Gasteiger charge is 2.37. The van der Waals surface area contributed by atoms with Gasteiger partial charge in [0.15, 0.2) is 7.28 Å². The van der Waals surface area contributed by atoms with Crippen LogP contribution in [0, 0.1) is 6.92 Å². The largest absolute Gasteiger partial charge is 0.355 e. The van der Waals surface area contributed by atoms with Crippen molar-refractivity contribution in [3.63, 3.8) is 0 Å². The highest BCUT2D eigenvalue weighted by Crippen LogP contribution is 2.47. The van der Waals surface area contributed by atoms with E-state index < -0.39 is 0 Å². The molecule has 5 heteroatoms. The highest BCUT2D eigenvalue weighted by atomic mass is 15.1. The van der Waals surface area contributed by atoms with Crippen molar-refractivity contribution in [2.24, 2.45) is 7.05 Å². The SMILES string of the molecule is Cc1cc(-c2ccccc2Nc2ccc3c(c2)C(C)(C)CCC3(C)C)c2c3c1c1ccccc1n3-c1cc3c(cc1[B]2)nc(-c1ccccc1)n3C. The van der Waals surface area contributed by atoms with Gasteiger partial charge in [0, 0.05) is 51.5 Å². The fourth-order valence-corrected chi connectivity index (χ4v) is 9.21. The smallest absolute Gasteiger partial charge is 0.198 e. The van der Waals surface area contributed by atoms with Gasteiger partial charge in [0.2, 0.25) is 0 Å². The molecule has 52 heavy (non-hydrogen) atoms. The summed E-state index contributed by atoms with van der Waals surface area (Å²) in [6.07, 6.45) is 2.41. The van der Waals surface area contributed by atoms with E-state index in [0.717, 1.165) is 33.8 Å². The number of benzene rings is 6. The van der Waals surface area contributed by atoms with Gasteiger partial charge >= 0.3 is 0 Å². The lowest BCUT2D eigenvalue weighted by molar-refractivity contribution is 0.332. The number of nitrogens with zero attached hydrogens (tertiary/aromatic N) is 3. The topological polar surface area (TPSA) is 34.8 Å². The predicted octanol–water partition coefficient (Wildman–Crippen LogP) is 10.4. The van der Waals surface area contributed by atoms with Crippen molar-refractivity contribution in [2.45, 2.75) is 58.3 Å². The van der Waals surface area contributed by atoms with E-state index >= 15 is 0 Å². The van der Waals surface area contributed by atoms with Crippen LogP contribution in [0.15, 0.2) is 115 Å². The molecule has 0 saturated heterocycles. The van der Waals surface area contributed by atoms with Crippen LogP contribution in [0.5, 0.6) is 0 Å². The first kappa shape index (κ1) is 31.2. The van der Waals surface area contributed by atoms with Gasteiger partial charge in [-0.3, -0.25) is 0 Å². The first-order chi connectivity index (χ1) is 25.1. The third kappa shape index (κ3) is 4.51. The molecule has 1 radical (unpaired) electrons. The van der Waals surface area contributed by atoms with Gasteiger partial charge in [-0.25, -0.2) is 4.98 Å². The van der Waals surface area contributed by atoms with Gasteiger partial charge in [-0.1, -0.05) is 112 Å². The van der Waals surface area contributed by atoms with Gasteiger partial charge < -0.3 is 14.5 Å². The van der Waals surface area contributed by atoms with Crippen molar-refractivity contribution >= 4 is 62.4 Å². The van der Waals surface area contributed by atoms with Crippen molar-refractivity contribution in [3.05, 3.63) is 132 Å². The van der Waals surface area contributed by atoms with Crippen LogP contribution in [0.2, 0.25) is 0 Å². The standard InChI is InChI=1S/C47H42BN4/c1-28-24-33(31-16-10-12-18-37(31)49-30-20-21-34-35(25-30)47(4,5)23-22-46(34,2)3)43-44-42(28)32-17-11-13-19-39(32)52(44)40-27-41-38(26-36(40)48-43)50-45(51(41)6)29-14-8-7-9-15-29/h7-21,24-27,49H,22-23H2,1-6H3. The van der Waals surface area contributed by atoms with Crippen LogP contribution in [-0.4, -0.2) is 21.4 Å². The van der Waals surface area contributed by atoms with Crippen LogP contribution in [0.25, 0.3) is 61.0 Å². The van der Waals surface area contributed by atoms with E-state index in [4.69, 9.17) is 4.98 Å². The molecule has 3 heterocycles. The van der Waals surface area contributed by atoms with Crippen LogP contribution in [-0.2, 0) is 17.9 Å². The molecule has 6 aromatic carbocycles. The van der Waals surface area contributed by atoms with E-state index in [1.54, 1.807) is 0 Å². The highest BCUT2D eigenvalue weighted by molar-refractivity contribution is 6.73. The maximum absolute atomic E-state index is 5.17. The summed E-state index contributed by atoms with van der Waals surface area (Å²) in [6, 6.07) is 42.3. The number of fused-ring (bicyclic) bond motifs is 7. The molecule has 0 amide bonds. The molecule has 4 nitrogen and oxygen atoms in total. The van der Waals surface area contributed by atoms with E-state index in [1.165, 1.54) is 79.1 Å². The Hall–Kier alpha value is -5.55. The number of aromatic nitrogens is 3. The second-order valence-electron chi connectivity index (χ2n) is 16.3. The summed E-state index contributed by atoms with van der Waals surface area (Å²) in [5.41, 5.74) is 18.6. The molecule has 2 aliphatic rings. The Morgan fingerprint density at radius 1 is 0.712 bits per heavy atom. The Bertz CT molecular complexity index is 2760. The van der Waals surface area contributed by atoms with Crippen molar-refractivity contribution in [3.8, 4) is 28.2 Å². The zero-order valence-electron chi connectivity index (χ0n) is 30.8. The van der Waals surface area contributed by atoms with Gasteiger partial charge in [0.05, 0.1) is 16.6 Å². The third-order valence-corrected chi connectivity index (χ3v) is 12.1. The number of aryl methyl sites for hydroxylation is 2. The molecule has 10 rings (SSSR count). The van der Waals surface area contributed by atoms with E-state index in [1.807, 2.05) is 0 Å². The van der Waals surface area contributed by atoms with E-state index in [9.17, 15) is 0 Å². The Balaban J connectivity index is 1.17. The number of imidazole rings is 1. The minimum absolute atomic E-state index is 0.144. The van der Waals surface area contributed by atoms with Crippen LogP contribution in [0.4, 0.5) is 11.4 Å². The molecule has 0 bridgehead atoms. The summed E-state index contributed by atoms with van der Waals surface area (Å²) in [5, 5.41) is 6.50. The summed E-state index contributed by atoms with van der Waals surface area (Å²) >= 11 is 0. The molecule has 0 fully saturated rings. The molecular weight excluding hydrogens is 631 g/mol. The van der Waals surface area contributed by atoms with Crippen molar-refractivity contribution in [2.75, 3.05) is 5.32 Å². The summed E-state index contributed by atoms with van der Waals surface area (Å²) in [7, 11) is 4.53. The lowest BCUT2D eigenvalue weighted by Crippen LogP contribution is -2.37. The number of hydrogen-bond acceptors (Lipinski definition) is 2. The Kier molecular flexibility index (Phi) is 6.59. The molecule has 253 valence electrons. The number of para-hydroxylation sites is 2. The average Bonchev–Trinajstić information content (AvgIpc) is 3.67. The van der Waals surface area contributed by atoms with Crippen molar-refractivity contribution in [1.29, 1.82) is 0 Å². The van der Waals surface area contributed by atoms with Crippen molar-refractivity contribution in [1.82, 2.24) is 14.1 Å². The predicted molar refractivity (Wildman–Crippen MR) is 221 cm³/mol. The van der Waals surface area contributed by atoms with Crippen LogP contribution < -0.4 is 16.2 Å². The minimum atomic E-state index is 0.144. The normalized spacial score (nSPS) is 15.4. The fourth-order valence-electron chi connectivity index (χ4n) is 9.21. The molecule has 2 aromatic heterocycles. The lowest BCUT2D eigenvalue weighted by atomic mass is 9.58. The average molecular weight is 674 g/mol. The van der Waals surface area contributed by atoms with E-state index in [2.05, 4.69) is 179 Å². The molecule has 0 atom stereocenters. The first-order valence-electron chi connectivity index (χ1n) is 18.6. The van der Waals surface area contributed by atoms with Crippen LogP contribution in [0.1, 0.15) is 57.2 Å². The molecule has 8 aromatic rings. The second kappa shape index (κ2) is 11.0. The molecule has 0 unspecified atom stereocenters. The summed E-state index contributed by atoms with van der Waals surface area (Å²) in [6.45, 7) is 11.9. The van der Waals surface area contributed by atoms with Crippen LogP contribution >= 0.6 is 0 Å². The summed E-state index contributed by atoms with van der Waals surface area (Å²) < 4.78 is 4.74. The number of hydrogen-bond donors (Lipinski definition) is 1. The summed E-state index contributed by atoms with van der Waals surface area (Å²) in [4.78, 5) is 5.17. The van der Waals surface area contributed by atoms with Crippen molar-refractivity contribution < 1.29 is 0 Å². The van der Waals surface area contributed by atoms with Gasteiger partial charge in [-0.05, 0) is 94.7 Å². The Morgan fingerprint density at radius 2 is 1.44 bits per heavy atom. The lowest BCUT2D eigenvalue weighted by Gasteiger charge is -2.42. The number of anilines is 2. The maximum Gasteiger partial charge on any atom is 0.198 e. The quantitative estimate of drug-likeness (QED) is 0.189. The third-order valence-electron chi connectivity index (χ3n) is 12.1. The molecule has 1 aliphatic carbocycles. The molecule has 0 spiro atoms. The zero-order valence-corrected chi connectivity index (χ0v) is 30.8. The number of nitrogens with one attached hydrogen (secondary N) is 1. The minimum Gasteiger partial charge on any atom is -0.355 e.